The molecule has 2 N–H and O–H groups in total. The molecule has 0 aromatic rings. The van der Waals surface area contributed by atoms with Gasteiger partial charge in [-0.25, -0.2) is 0 Å². The van der Waals surface area contributed by atoms with Gasteiger partial charge in [0.15, 0.2) is 0 Å². The first-order chi connectivity index (χ1) is 9.66. The summed E-state index contributed by atoms with van der Waals surface area (Å²) >= 11 is 0. The average Bonchev–Trinajstić information content (AvgIpc) is 2.89. The molecule has 0 spiro atoms. The molecular formula is C17H28N2O2. The van der Waals surface area contributed by atoms with Crippen molar-refractivity contribution >= 4 is 11.8 Å². The molecule has 21 heavy (non-hydrogen) atoms. The number of likely N-dealkylation sites (tertiary alicyclic amines) is 1. The number of hydrogen-bond acceptors (Lipinski definition) is 2. The second-order valence-corrected chi connectivity index (χ2v) is 7.59. The van der Waals surface area contributed by atoms with E-state index in [9.17, 15) is 9.59 Å². The molecule has 0 aromatic carbocycles. The maximum absolute atomic E-state index is 12.9. The Kier molecular flexibility index (Phi) is 4.18. The molecule has 1 saturated carbocycles. The van der Waals surface area contributed by atoms with Gasteiger partial charge >= 0.3 is 0 Å². The Morgan fingerprint density at radius 3 is 2.38 bits per heavy atom. The molecule has 118 valence electrons. The number of carbonyl (C=O) groups is 2. The summed E-state index contributed by atoms with van der Waals surface area (Å²) in [5, 5.41) is 0. The lowest BCUT2D eigenvalue weighted by molar-refractivity contribution is -0.139. The van der Waals surface area contributed by atoms with Crippen LogP contribution in [0, 0.1) is 23.2 Å². The SMILES string of the molecule is CC(C)=C[C@@H]1[C@H](C(=O)N2C[C@@H](C(N)=O)CC[C@H]2C)C1(C)C. The zero-order valence-electron chi connectivity index (χ0n) is 13.8. The number of primary amides is 1. The van der Waals surface area contributed by atoms with Crippen molar-refractivity contribution in [2.24, 2.45) is 28.9 Å². The van der Waals surface area contributed by atoms with Crippen LogP contribution in [0.5, 0.6) is 0 Å². The van der Waals surface area contributed by atoms with Gasteiger partial charge in [-0.2, -0.15) is 0 Å². The number of piperidine rings is 1. The van der Waals surface area contributed by atoms with Gasteiger partial charge in [0.2, 0.25) is 11.8 Å². The lowest BCUT2D eigenvalue weighted by Crippen LogP contribution is -2.49. The average molecular weight is 292 g/mol. The van der Waals surface area contributed by atoms with Crippen LogP contribution < -0.4 is 5.73 Å². The van der Waals surface area contributed by atoms with Crippen molar-refractivity contribution in [1.29, 1.82) is 0 Å². The number of nitrogens with zero attached hydrogens (tertiary/aromatic N) is 1. The summed E-state index contributed by atoms with van der Waals surface area (Å²) in [5.41, 5.74) is 6.70. The van der Waals surface area contributed by atoms with Crippen LogP contribution in [-0.2, 0) is 9.59 Å². The zero-order chi connectivity index (χ0) is 15.9. The molecule has 2 fully saturated rings. The molecular weight excluding hydrogens is 264 g/mol. The molecule has 2 amide bonds. The molecule has 1 aliphatic heterocycles. The number of carbonyl (C=O) groups excluding carboxylic acids is 2. The first-order valence-electron chi connectivity index (χ1n) is 7.91. The molecule has 4 atom stereocenters. The number of hydrogen-bond donors (Lipinski definition) is 1. The minimum Gasteiger partial charge on any atom is -0.369 e. The van der Waals surface area contributed by atoms with E-state index in [-0.39, 0.29) is 35.1 Å². The van der Waals surface area contributed by atoms with Crippen LogP contribution in [0.25, 0.3) is 0 Å². The van der Waals surface area contributed by atoms with Crippen molar-refractivity contribution in [3.8, 4) is 0 Å². The Hall–Kier alpha value is -1.32. The number of amides is 2. The van der Waals surface area contributed by atoms with E-state index >= 15 is 0 Å². The van der Waals surface area contributed by atoms with E-state index < -0.39 is 0 Å². The molecule has 1 saturated heterocycles. The summed E-state index contributed by atoms with van der Waals surface area (Å²) in [5.74, 6) is 0.0862. The first kappa shape index (κ1) is 16.1. The molecule has 4 heteroatoms. The Labute approximate surface area is 127 Å². The van der Waals surface area contributed by atoms with Crippen molar-refractivity contribution < 1.29 is 9.59 Å². The van der Waals surface area contributed by atoms with Crippen LogP contribution in [0.15, 0.2) is 11.6 Å². The summed E-state index contributed by atoms with van der Waals surface area (Å²) in [4.78, 5) is 26.2. The highest BCUT2D eigenvalue weighted by atomic mass is 16.2. The summed E-state index contributed by atoms with van der Waals surface area (Å²) < 4.78 is 0. The van der Waals surface area contributed by atoms with Crippen LogP contribution in [0.1, 0.15) is 47.5 Å². The van der Waals surface area contributed by atoms with Crippen LogP contribution in [0.2, 0.25) is 0 Å². The third-order valence-electron chi connectivity index (χ3n) is 5.26. The number of rotatable bonds is 3. The van der Waals surface area contributed by atoms with Crippen molar-refractivity contribution in [3.05, 3.63) is 11.6 Å². The van der Waals surface area contributed by atoms with Gasteiger partial charge in [0.25, 0.3) is 0 Å². The Balaban J connectivity index is 2.12. The molecule has 0 bridgehead atoms. The van der Waals surface area contributed by atoms with E-state index in [0.29, 0.717) is 12.5 Å². The number of nitrogens with two attached hydrogens (primary N) is 1. The lowest BCUT2D eigenvalue weighted by atomic mass is 9.92. The van der Waals surface area contributed by atoms with Crippen LogP contribution >= 0.6 is 0 Å². The maximum atomic E-state index is 12.9. The topological polar surface area (TPSA) is 63.4 Å². The molecule has 0 unspecified atom stereocenters. The van der Waals surface area contributed by atoms with Gasteiger partial charge in [-0.3, -0.25) is 9.59 Å². The van der Waals surface area contributed by atoms with Gasteiger partial charge in [-0.15, -0.1) is 0 Å². The minimum absolute atomic E-state index is 0.0216. The lowest BCUT2D eigenvalue weighted by Gasteiger charge is -2.37. The van der Waals surface area contributed by atoms with E-state index in [1.54, 1.807) is 0 Å². The molecule has 1 aliphatic carbocycles. The molecule has 2 rings (SSSR count). The van der Waals surface area contributed by atoms with Gasteiger partial charge in [0.1, 0.15) is 0 Å². The third-order valence-corrected chi connectivity index (χ3v) is 5.26. The fourth-order valence-electron chi connectivity index (χ4n) is 3.64. The fraction of sp³-hybridized carbons (Fsp3) is 0.765. The molecule has 4 nitrogen and oxygen atoms in total. The quantitative estimate of drug-likeness (QED) is 0.811. The van der Waals surface area contributed by atoms with E-state index in [2.05, 4.69) is 40.7 Å². The van der Waals surface area contributed by atoms with Gasteiger partial charge in [-0.05, 0) is 44.9 Å². The monoisotopic (exact) mass is 292 g/mol. The molecule has 0 aromatic heterocycles. The smallest absolute Gasteiger partial charge is 0.227 e. The van der Waals surface area contributed by atoms with Gasteiger partial charge in [-0.1, -0.05) is 25.5 Å². The Bertz CT molecular complexity index is 477. The summed E-state index contributed by atoms with van der Waals surface area (Å²) in [6, 6.07) is 0.205. The van der Waals surface area contributed by atoms with Crippen molar-refractivity contribution in [1.82, 2.24) is 4.90 Å². The van der Waals surface area contributed by atoms with E-state index in [4.69, 9.17) is 5.73 Å². The normalized spacial score (nSPS) is 34.2. The van der Waals surface area contributed by atoms with Crippen LogP contribution in [-0.4, -0.2) is 29.3 Å². The minimum atomic E-state index is -0.282. The van der Waals surface area contributed by atoms with E-state index in [0.717, 1.165) is 12.8 Å². The van der Waals surface area contributed by atoms with E-state index in [1.165, 1.54) is 5.57 Å². The standard InChI is InChI=1S/C17H28N2O2/c1-10(2)8-13-14(17(13,4)5)16(21)19-9-12(15(18)20)7-6-11(19)3/h8,11-14H,6-7,9H2,1-5H3,(H2,18,20)/t11-,12+,13-,14-/m1/s1. The predicted molar refractivity (Wildman–Crippen MR) is 83.3 cm³/mol. The molecule has 1 heterocycles. The molecule has 0 radical (unpaired) electrons. The van der Waals surface area contributed by atoms with Crippen molar-refractivity contribution in [3.63, 3.8) is 0 Å². The van der Waals surface area contributed by atoms with Gasteiger partial charge in [0.05, 0.1) is 11.8 Å². The summed E-state index contributed by atoms with van der Waals surface area (Å²) in [7, 11) is 0. The van der Waals surface area contributed by atoms with Crippen molar-refractivity contribution in [2.75, 3.05) is 6.54 Å². The second-order valence-electron chi connectivity index (χ2n) is 7.59. The zero-order valence-corrected chi connectivity index (χ0v) is 13.8. The Morgan fingerprint density at radius 1 is 1.24 bits per heavy atom. The molecule has 2 aliphatic rings. The third kappa shape index (κ3) is 2.99. The fourth-order valence-corrected chi connectivity index (χ4v) is 3.64. The maximum Gasteiger partial charge on any atom is 0.227 e. The number of allylic oxidation sites excluding steroid dienone is 2. The first-order valence-corrected chi connectivity index (χ1v) is 7.91. The Morgan fingerprint density at radius 2 is 1.86 bits per heavy atom. The van der Waals surface area contributed by atoms with E-state index in [1.807, 2.05) is 4.90 Å². The summed E-state index contributed by atoms with van der Waals surface area (Å²) in [6.07, 6.45) is 3.87. The summed E-state index contributed by atoms with van der Waals surface area (Å²) in [6.45, 7) is 11.0. The second kappa shape index (κ2) is 5.47. The highest BCUT2D eigenvalue weighted by molar-refractivity contribution is 5.85. The van der Waals surface area contributed by atoms with Gasteiger partial charge in [0, 0.05) is 12.6 Å². The predicted octanol–water partition coefficient (Wildman–Crippen LogP) is 2.34. The van der Waals surface area contributed by atoms with Crippen LogP contribution in [0.3, 0.4) is 0 Å². The van der Waals surface area contributed by atoms with Crippen LogP contribution in [0.4, 0.5) is 0 Å². The highest BCUT2D eigenvalue weighted by Crippen LogP contribution is 2.60. The van der Waals surface area contributed by atoms with Crippen molar-refractivity contribution in [2.45, 2.75) is 53.5 Å². The largest absolute Gasteiger partial charge is 0.369 e. The van der Waals surface area contributed by atoms with Gasteiger partial charge < -0.3 is 10.6 Å². The highest BCUT2D eigenvalue weighted by Gasteiger charge is 2.61.